The van der Waals surface area contributed by atoms with Crippen LogP contribution in [0.15, 0.2) is 72.8 Å². The van der Waals surface area contributed by atoms with E-state index in [2.05, 4.69) is 10.4 Å². The molecule has 0 fully saturated rings. The number of aromatic nitrogens is 2. The molecule has 0 bridgehead atoms. The average Bonchev–Trinajstić information content (AvgIpc) is 3.18. The van der Waals surface area contributed by atoms with Gasteiger partial charge in [-0.05, 0) is 60.0 Å². The number of nitrogens with zero attached hydrogens (tertiary/aromatic N) is 2. The molecule has 0 aliphatic rings. The monoisotopic (exact) mass is 489 g/mol. The summed E-state index contributed by atoms with van der Waals surface area (Å²) in [7, 11) is 0. The first kappa shape index (κ1) is 24.8. The number of amides is 1. The largest absolute Gasteiger partial charge is 0.407 e. The predicted molar refractivity (Wildman–Crippen MR) is 134 cm³/mol. The van der Waals surface area contributed by atoms with Gasteiger partial charge in [0.05, 0.1) is 11.3 Å². The molecule has 0 unspecified atom stereocenters. The molecular formula is C28H25F2N3O3. The molecule has 1 amide bonds. The summed E-state index contributed by atoms with van der Waals surface area (Å²) >= 11 is 0. The van der Waals surface area contributed by atoms with E-state index in [1.54, 1.807) is 42.5 Å². The highest BCUT2D eigenvalue weighted by atomic mass is 19.1. The van der Waals surface area contributed by atoms with Gasteiger partial charge in [0.25, 0.3) is 0 Å². The fourth-order valence-electron chi connectivity index (χ4n) is 3.80. The SMILES string of the molecule is CC(=O)Oc1c(-c2ccc(NC(=O)CC(C)C)cc2)c(-c2ccccc2F)nn1-c1ccc(F)cc1. The van der Waals surface area contributed by atoms with Gasteiger partial charge in [-0.3, -0.25) is 9.59 Å². The van der Waals surface area contributed by atoms with Crippen LogP contribution in [0.25, 0.3) is 28.1 Å². The van der Waals surface area contributed by atoms with Gasteiger partial charge < -0.3 is 10.1 Å². The molecule has 0 spiro atoms. The summed E-state index contributed by atoms with van der Waals surface area (Å²) in [6.45, 7) is 5.17. The quantitative estimate of drug-likeness (QED) is 0.305. The lowest BCUT2D eigenvalue weighted by atomic mass is 10.0. The number of ether oxygens (including phenoxy) is 1. The third kappa shape index (κ3) is 5.49. The summed E-state index contributed by atoms with van der Waals surface area (Å²) in [4.78, 5) is 24.2. The van der Waals surface area contributed by atoms with Crippen molar-refractivity contribution in [3.63, 3.8) is 0 Å². The van der Waals surface area contributed by atoms with Crippen molar-refractivity contribution in [3.05, 3.63) is 84.4 Å². The molecule has 0 saturated carbocycles. The van der Waals surface area contributed by atoms with Crippen LogP contribution in [-0.2, 0) is 9.59 Å². The molecule has 36 heavy (non-hydrogen) atoms. The summed E-state index contributed by atoms with van der Waals surface area (Å²) in [5.41, 5.74) is 2.42. The number of rotatable bonds is 7. The van der Waals surface area contributed by atoms with Crippen LogP contribution in [0.1, 0.15) is 27.2 Å². The first-order valence-electron chi connectivity index (χ1n) is 11.5. The number of benzene rings is 3. The highest BCUT2D eigenvalue weighted by Crippen LogP contribution is 2.41. The van der Waals surface area contributed by atoms with E-state index in [0.29, 0.717) is 28.9 Å². The topological polar surface area (TPSA) is 73.2 Å². The molecule has 1 heterocycles. The number of carbonyl (C=O) groups excluding carboxylic acids is 2. The zero-order valence-electron chi connectivity index (χ0n) is 20.1. The third-order valence-corrected chi connectivity index (χ3v) is 5.33. The lowest BCUT2D eigenvalue weighted by Crippen LogP contribution is -2.13. The van der Waals surface area contributed by atoms with E-state index in [9.17, 15) is 18.4 Å². The molecule has 4 rings (SSSR count). The number of hydrogen-bond acceptors (Lipinski definition) is 4. The Morgan fingerprint density at radius 2 is 1.64 bits per heavy atom. The van der Waals surface area contributed by atoms with E-state index in [0.717, 1.165) is 0 Å². The van der Waals surface area contributed by atoms with Gasteiger partial charge in [0.15, 0.2) is 0 Å². The van der Waals surface area contributed by atoms with Gasteiger partial charge in [0.2, 0.25) is 11.8 Å². The van der Waals surface area contributed by atoms with E-state index in [1.165, 1.54) is 41.9 Å². The number of anilines is 1. The Morgan fingerprint density at radius 3 is 2.25 bits per heavy atom. The standard InChI is InChI=1S/C28H25F2N3O3/c1-17(2)16-25(35)31-21-12-8-19(9-13-21)26-27(23-6-4-5-7-24(23)30)32-33(28(26)36-18(3)34)22-14-10-20(29)11-15-22/h4-15,17H,16H2,1-3H3,(H,31,35). The van der Waals surface area contributed by atoms with Crippen LogP contribution in [0.4, 0.5) is 14.5 Å². The Hall–Kier alpha value is -4.33. The Labute approximate surface area is 207 Å². The van der Waals surface area contributed by atoms with Gasteiger partial charge in [-0.15, -0.1) is 0 Å². The molecule has 0 aliphatic heterocycles. The van der Waals surface area contributed by atoms with Crippen LogP contribution in [0.3, 0.4) is 0 Å². The molecule has 0 atom stereocenters. The second kappa shape index (κ2) is 10.5. The van der Waals surface area contributed by atoms with Crippen molar-refractivity contribution in [1.82, 2.24) is 9.78 Å². The minimum atomic E-state index is -0.600. The van der Waals surface area contributed by atoms with Crippen molar-refractivity contribution in [2.24, 2.45) is 5.92 Å². The molecular weight excluding hydrogens is 464 g/mol. The summed E-state index contributed by atoms with van der Waals surface area (Å²) in [6, 6.07) is 18.5. The third-order valence-electron chi connectivity index (χ3n) is 5.33. The van der Waals surface area contributed by atoms with E-state index >= 15 is 0 Å². The van der Waals surface area contributed by atoms with Crippen molar-refractivity contribution >= 4 is 17.6 Å². The molecule has 184 valence electrons. The Morgan fingerprint density at radius 1 is 0.972 bits per heavy atom. The fraction of sp³-hybridized carbons (Fsp3) is 0.179. The number of esters is 1. The molecule has 0 saturated heterocycles. The lowest BCUT2D eigenvalue weighted by molar-refractivity contribution is -0.132. The normalized spacial score (nSPS) is 10.9. The van der Waals surface area contributed by atoms with E-state index in [4.69, 9.17) is 4.74 Å². The molecule has 1 N–H and O–H groups in total. The molecule has 3 aromatic carbocycles. The minimum Gasteiger partial charge on any atom is -0.407 e. The summed E-state index contributed by atoms with van der Waals surface area (Å²) < 4.78 is 35.4. The van der Waals surface area contributed by atoms with Crippen LogP contribution in [0.5, 0.6) is 5.88 Å². The fourth-order valence-corrected chi connectivity index (χ4v) is 3.80. The second-order valence-electron chi connectivity index (χ2n) is 8.71. The predicted octanol–water partition coefficient (Wildman–Crippen LogP) is 6.39. The lowest BCUT2D eigenvalue weighted by Gasteiger charge is -2.11. The summed E-state index contributed by atoms with van der Waals surface area (Å²) in [6.07, 6.45) is 0.389. The Kier molecular flexibility index (Phi) is 7.24. The molecule has 4 aromatic rings. The maximum Gasteiger partial charge on any atom is 0.309 e. The summed E-state index contributed by atoms with van der Waals surface area (Å²) in [5.74, 6) is -1.37. The number of halogens is 2. The zero-order chi connectivity index (χ0) is 25.8. The first-order chi connectivity index (χ1) is 17.2. The molecule has 0 radical (unpaired) electrons. The van der Waals surface area contributed by atoms with E-state index in [1.807, 2.05) is 13.8 Å². The molecule has 8 heteroatoms. The van der Waals surface area contributed by atoms with Crippen molar-refractivity contribution < 1.29 is 23.1 Å². The zero-order valence-corrected chi connectivity index (χ0v) is 20.1. The minimum absolute atomic E-state index is 0.0592. The van der Waals surface area contributed by atoms with Crippen molar-refractivity contribution in [1.29, 1.82) is 0 Å². The highest BCUT2D eigenvalue weighted by molar-refractivity contribution is 5.92. The molecule has 6 nitrogen and oxygen atoms in total. The number of hydrogen-bond donors (Lipinski definition) is 1. The van der Waals surface area contributed by atoms with Crippen LogP contribution in [0.2, 0.25) is 0 Å². The van der Waals surface area contributed by atoms with Crippen LogP contribution in [0, 0.1) is 17.6 Å². The van der Waals surface area contributed by atoms with Crippen molar-refractivity contribution in [2.45, 2.75) is 27.2 Å². The van der Waals surface area contributed by atoms with Crippen molar-refractivity contribution in [2.75, 3.05) is 5.32 Å². The first-order valence-corrected chi connectivity index (χ1v) is 11.5. The maximum atomic E-state index is 14.9. The smallest absolute Gasteiger partial charge is 0.309 e. The van der Waals surface area contributed by atoms with E-state index < -0.39 is 17.6 Å². The second-order valence-corrected chi connectivity index (χ2v) is 8.71. The maximum absolute atomic E-state index is 14.9. The van der Waals surface area contributed by atoms with Gasteiger partial charge >= 0.3 is 5.97 Å². The van der Waals surface area contributed by atoms with Gasteiger partial charge in [-0.2, -0.15) is 9.78 Å². The van der Waals surface area contributed by atoms with Crippen molar-refractivity contribution in [3.8, 4) is 34.0 Å². The highest BCUT2D eigenvalue weighted by Gasteiger charge is 2.26. The van der Waals surface area contributed by atoms with Gasteiger partial charge in [-0.25, -0.2) is 8.78 Å². The van der Waals surface area contributed by atoms with E-state index in [-0.39, 0.29) is 29.0 Å². The van der Waals surface area contributed by atoms with Gasteiger partial charge in [0, 0.05) is 24.6 Å². The van der Waals surface area contributed by atoms with Gasteiger partial charge in [0.1, 0.15) is 17.3 Å². The number of nitrogens with one attached hydrogen (secondary N) is 1. The average molecular weight is 490 g/mol. The summed E-state index contributed by atoms with van der Waals surface area (Å²) in [5, 5.41) is 7.43. The molecule has 0 aliphatic carbocycles. The van der Waals surface area contributed by atoms with Crippen LogP contribution in [-0.4, -0.2) is 21.7 Å². The van der Waals surface area contributed by atoms with Crippen LogP contribution < -0.4 is 10.1 Å². The molecule has 1 aromatic heterocycles. The Bertz CT molecular complexity index is 1390. The Balaban J connectivity index is 1.88. The number of carbonyl (C=O) groups is 2. The van der Waals surface area contributed by atoms with Gasteiger partial charge in [-0.1, -0.05) is 38.1 Å². The van der Waals surface area contributed by atoms with Crippen LogP contribution >= 0.6 is 0 Å².